The number of pyridine rings is 1. The Hall–Kier alpha value is -1.41. The van der Waals surface area contributed by atoms with Gasteiger partial charge in [0.2, 0.25) is 0 Å². The highest BCUT2D eigenvalue weighted by Crippen LogP contribution is 2.23. The SMILES string of the molecule is OC1CCc2nc3ccccc3cc2C1. The molecule has 1 unspecified atom stereocenters. The van der Waals surface area contributed by atoms with Crippen LogP contribution in [0.2, 0.25) is 0 Å². The van der Waals surface area contributed by atoms with E-state index in [0.29, 0.717) is 0 Å². The van der Waals surface area contributed by atoms with Crippen molar-refractivity contribution in [3.8, 4) is 0 Å². The van der Waals surface area contributed by atoms with Crippen molar-refractivity contribution in [1.82, 2.24) is 4.98 Å². The molecule has 3 rings (SSSR count). The Labute approximate surface area is 88.6 Å². The molecule has 1 N–H and O–H groups in total. The second kappa shape index (κ2) is 3.31. The smallest absolute Gasteiger partial charge is 0.0705 e. The number of para-hydroxylation sites is 1. The van der Waals surface area contributed by atoms with E-state index in [1.54, 1.807) is 0 Å². The maximum Gasteiger partial charge on any atom is 0.0705 e. The van der Waals surface area contributed by atoms with Crippen molar-refractivity contribution >= 4 is 10.9 Å². The number of rotatable bonds is 0. The van der Waals surface area contributed by atoms with E-state index < -0.39 is 0 Å². The lowest BCUT2D eigenvalue weighted by Gasteiger charge is -2.20. The minimum Gasteiger partial charge on any atom is -0.393 e. The molecule has 2 nitrogen and oxygen atoms in total. The number of hydrogen-bond acceptors (Lipinski definition) is 2. The Morgan fingerprint density at radius 1 is 1.27 bits per heavy atom. The number of aliphatic hydroxyl groups is 1. The van der Waals surface area contributed by atoms with E-state index in [-0.39, 0.29) is 6.10 Å². The van der Waals surface area contributed by atoms with Gasteiger partial charge in [-0.25, -0.2) is 0 Å². The van der Waals surface area contributed by atoms with Crippen LogP contribution in [0.4, 0.5) is 0 Å². The Morgan fingerprint density at radius 3 is 3.07 bits per heavy atom. The molecule has 2 heteroatoms. The fraction of sp³-hybridized carbons (Fsp3) is 0.308. The van der Waals surface area contributed by atoms with Crippen LogP contribution >= 0.6 is 0 Å². The molecule has 1 aromatic carbocycles. The van der Waals surface area contributed by atoms with Crippen molar-refractivity contribution in [2.24, 2.45) is 0 Å². The van der Waals surface area contributed by atoms with Crippen LogP contribution in [0.25, 0.3) is 10.9 Å². The summed E-state index contributed by atoms with van der Waals surface area (Å²) in [6.45, 7) is 0. The normalized spacial score (nSPS) is 20.2. The zero-order valence-corrected chi connectivity index (χ0v) is 8.48. The van der Waals surface area contributed by atoms with E-state index in [4.69, 9.17) is 0 Å². The first-order chi connectivity index (χ1) is 7.33. The van der Waals surface area contributed by atoms with Crippen molar-refractivity contribution in [1.29, 1.82) is 0 Å². The molecule has 0 spiro atoms. The van der Waals surface area contributed by atoms with Crippen LogP contribution in [-0.2, 0) is 12.8 Å². The van der Waals surface area contributed by atoms with Gasteiger partial charge in [0.15, 0.2) is 0 Å². The van der Waals surface area contributed by atoms with Gasteiger partial charge in [0.25, 0.3) is 0 Å². The maximum atomic E-state index is 9.60. The molecule has 15 heavy (non-hydrogen) atoms. The van der Waals surface area contributed by atoms with Crippen molar-refractivity contribution in [2.75, 3.05) is 0 Å². The fourth-order valence-electron chi connectivity index (χ4n) is 2.25. The van der Waals surface area contributed by atoms with Gasteiger partial charge in [-0.1, -0.05) is 18.2 Å². The predicted octanol–water partition coefficient (Wildman–Crippen LogP) is 2.08. The highest BCUT2D eigenvalue weighted by Gasteiger charge is 2.17. The Morgan fingerprint density at radius 2 is 2.13 bits per heavy atom. The van der Waals surface area contributed by atoms with Gasteiger partial charge in [-0.15, -0.1) is 0 Å². The van der Waals surface area contributed by atoms with Crippen molar-refractivity contribution in [3.63, 3.8) is 0 Å². The summed E-state index contributed by atoms with van der Waals surface area (Å²) in [5.41, 5.74) is 3.44. The first kappa shape index (κ1) is 8.86. The molecule has 0 amide bonds. The maximum absolute atomic E-state index is 9.60. The van der Waals surface area contributed by atoms with Gasteiger partial charge in [-0.2, -0.15) is 0 Å². The lowest BCUT2D eigenvalue weighted by Crippen LogP contribution is -2.19. The summed E-state index contributed by atoms with van der Waals surface area (Å²) in [6, 6.07) is 10.3. The summed E-state index contributed by atoms with van der Waals surface area (Å²) in [4.78, 5) is 4.64. The van der Waals surface area contributed by atoms with Gasteiger partial charge in [0.05, 0.1) is 11.6 Å². The van der Waals surface area contributed by atoms with Gasteiger partial charge < -0.3 is 5.11 Å². The highest BCUT2D eigenvalue weighted by molar-refractivity contribution is 5.79. The summed E-state index contributed by atoms with van der Waals surface area (Å²) in [7, 11) is 0. The van der Waals surface area contributed by atoms with Crippen LogP contribution in [0.3, 0.4) is 0 Å². The molecule has 0 radical (unpaired) electrons. The zero-order chi connectivity index (χ0) is 10.3. The molecule has 0 fully saturated rings. The second-order valence-corrected chi connectivity index (χ2v) is 4.18. The highest BCUT2D eigenvalue weighted by atomic mass is 16.3. The quantitative estimate of drug-likeness (QED) is 0.704. The number of fused-ring (bicyclic) bond motifs is 2. The molecule has 1 aromatic heterocycles. The molecule has 1 atom stereocenters. The van der Waals surface area contributed by atoms with E-state index in [1.807, 2.05) is 18.2 Å². The molecule has 1 aliphatic carbocycles. The first-order valence-corrected chi connectivity index (χ1v) is 5.38. The van der Waals surface area contributed by atoms with Crippen LogP contribution in [0.5, 0.6) is 0 Å². The summed E-state index contributed by atoms with van der Waals surface area (Å²) in [6.07, 6.45) is 2.33. The van der Waals surface area contributed by atoms with Crippen molar-refractivity contribution in [3.05, 3.63) is 41.6 Å². The lowest BCUT2D eigenvalue weighted by molar-refractivity contribution is 0.158. The molecular formula is C13H13NO. The predicted molar refractivity (Wildman–Crippen MR) is 59.8 cm³/mol. The third kappa shape index (κ3) is 1.51. The number of hydrogen-bond donors (Lipinski definition) is 1. The van der Waals surface area contributed by atoms with Crippen LogP contribution in [0.15, 0.2) is 30.3 Å². The van der Waals surface area contributed by atoms with Gasteiger partial charge in [0.1, 0.15) is 0 Å². The van der Waals surface area contributed by atoms with Gasteiger partial charge in [0, 0.05) is 17.5 Å². The van der Waals surface area contributed by atoms with E-state index in [9.17, 15) is 5.11 Å². The van der Waals surface area contributed by atoms with Crippen LogP contribution in [0, 0.1) is 0 Å². The average molecular weight is 199 g/mol. The fourth-order valence-corrected chi connectivity index (χ4v) is 2.25. The number of benzene rings is 1. The van der Waals surface area contributed by atoms with Gasteiger partial charge in [-0.05, 0) is 30.5 Å². The summed E-state index contributed by atoms with van der Waals surface area (Å²) < 4.78 is 0. The Kier molecular flexibility index (Phi) is 1.96. The van der Waals surface area contributed by atoms with Crippen LogP contribution in [0.1, 0.15) is 17.7 Å². The molecule has 0 saturated carbocycles. The monoisotopic (exact) mass is 199 g/mol. The van der Waals surface area contributed by atoms with E-state index >= 15 is 0 Å². The number of aliphatic hydroxyl groups excluding tert-OH is 1. The van der Waals surface area contributed by atoms with E-state index in [1.165, 1.54) is 16.6 Å². The number of aryl methyl sites for hydroxylation is 1. The van der Waals surface area contributed by atoms with E-state index in [2.05, 4.69) is 17.1 Å². The topological polar surface area (TPSA) is 33.1 Å². The lowest BCUT2D eigenvalue weighted by atomic mass is 9.93. The van der Waals surface area contributed by atoms with Gasteiger partial charge in [-0.3, -0.25) is 4.98 Å². The van der Waals surface area contributed by atoms with Gasteiger partial charge >= 0.3 is 0 Å². The van der Waals surface area contributed by atoms with Crippen molar-refractivity contribution in [2.45, 2.75) is 25.4 Å². The Balaban J connectivity index is 2.20. The molecule has 2 aromatic rings. The first-order valence-electron chi connectivity index (χ1n) is 5.38. The minimum atomic E-state index is -0.180. The molecule has 0 aliphatic heterocycles. The molecule has 1 heterocycles. The summed E-state index contributed by atoms with van der Waals surface area (Å²) in [5, 5.41) is 10.8. The second-order valence-electron chi connectivity index (χ2n) is 4.18. The third-order valence-electron chi connectivity index (χ3n) is 3.06. The number of aromatic nitrogens is 1. The minimum absolute atomic E-state index is 0.180. The summed E-state index contributed by atoms with van der Waals surface area (Å²) >= 11 is 0. The van der Waals surface area contributed by atoms with Crippen LogP contribution in [-0.4, -0.2) is 16.2 Å². The molecular weight excluding hydrogens is 186 g/mol. The number of nitrogens with zero attached hydrogens (tertiary/aromatic N) is 1. The van der Waals surface area contributed by atoms with Crippen molar-refractivity contribution < 1.29 is 5.11 Å². The standard InChI is InChI=1S/C13H13NO/c15-11-5-6-13-10(8-11)7-9-3-1-2-4-12(9)14-13/h1-4,7,11,15H,5-6,8H2. The largest absolute Gasteiger partial charge is 0.393 e. The zero-order valence-electron chi connectivity index (χ0n) is 8.48. The molecule has 1 aliphatic rings. The average Bonchev–Trinajstić information content (AvgIpc) is 2.26. The summed E-state index contributed by atoms with van der Waals surface area (Å²) in [5.74, 6) is 0. The third-order valence-corrected chi connectivity index (χ3v) is 3.06. The van der Waals surface area contributed by atoms with E-state index in [0.717, 1.165) is 24.8 Å². The van der Waals surface area contributed by atoms with Crippen LogP contribution < -0.4 is 0 Å². The molecule has 76 valence electrons. The Bertz CT molecular complexity index is 507. The molecule has 0 bridgehead atoms. The molecule has 0 saturated heterocycles.